The van der Waals surface area contributed by atoms with E-state index in [0.29, 0.717) is 5.06 Å². The second kappa shape index (κ2) is 6.26. The highest BCUT2D eigenvalue weighted by Gasteiger charge is 2.35. The molecule has 1 atom stereocenters. The number of nitro groups is 1. The van der Waals surface area contributed by atoms with Crippen molar-refractivity contribution >= 4 is 23.7 Å². The molecule has 1 aromatic rings. The Morgan fingerprint density at radius 3 is 2.44 bits per heavy atom. The van der Waals surface area contributed by atoms with E-state index in [9.17, 15) is 24.5 Å². The highest BCUT2D eigenvalue weighted by molar-refractivity contribution is 6.01. The van der Waals surface area contributed by atoms with Gasteiger partial charge in [-0.15, -0.1) is 0 Å². The van der Waals surface area contributed by atoms with E-state index < -0.39 is 29.0 Å². The minimum absolute atomic E-state index is 0.0466. The molecular formula is C14H12N2O9. The Bertz CT molecular complexity index is 760. The van der Waals surface area contributed by atoms with Crippen molar-refractivity contribution in [2.45, 2.75) is 25.9 Å². The molecule has 11 heteroatoms. The van der Waals surface area contributed by atoms with Crippen LogP contribution in [0, 0.1) is 10.1 Å². The van der Waals surface area contributed by atoms with Crippen LogP contribution in [0.3, 0.4) is 0 Å². The second-order valence-electron chi connectivity index (χ2n) is 5.20. The average molecular weight is 352 g/mol. The van der Waals surface area contributed by atoms with Gasteiger partial charge in [0.15, 0.2) is 11.5 Å². The normalized spacial score (nSPS) is 16.8. The first-order valence-corrected chi connectivity index (χ1v) is 7.19. The number of carbonyl (C=O) groups excluding carboxylic acids is 3. The number of fused-ring (bicyclic) bond motifs is 1. The van der Waals surface area contributed by atoms with E-state index in [0.717, 1.165) is 6.07 Å². The molecule has 0 saturated carbocycles. The average Bonchev–Trinajstić information content (AvgIpc) is 3.14. The first-order chi connectivity index (χ1) is 11.9. The van der Waals surface area contributed by atoms with Crippen LogP contribution < -0.4 is 9.47 Å². The molecule has 1 saturated heterocycles. The van der Waals surface area contributed by atoms with Gasteiger partial charge < -0.3 is 14.2 Å². The van der Waals surface area contributed by atoms with Crippen molar-refractivity contribution in [1.82, 2.24) is 5.06 Å². The number of amides is 2. The number of hydrogen-bond donors (Lipinski definition) is 0. The van der Waals surface area contributed by atoms with Gasteiger partial charge in [-0.05, 0) is 13.0 Å². The molecule has 25 heavy (non-hydrogen) atoms. The molecular weight excluding hydrogens is 340 g/mol. The maximum atomic E-state index is 11.8. The van der Waals surface area contributed by atoms with Gasteiger partial charge in [-0.1, -0.05) is 5.06 Å². The van der Waals surface area contributed by atoms with Gasteiger partial charge in [0.05, 0.1) is 16.6 Å². The van der Waals surface area contributed by atoms with Gasteiger partial charge in [0.25, 0.3) is 17.5 Å². The van der Waals surface area contributed by atoms with Crippen LogP contribution in [0.5, 0.6) is 11.5 Å². The molecule has 0 radical (unpaired) electrons. The summed E-state index contributed by atoms with van der Waals surface area (Å²) in [6, 6.07) is 2.49. The molecule has 0 aromatic heterocycles. The Kier molecular flexibility index (Phi) is 4.13. The van der Waals surface area contributed by atoms with E-state index in [4.69, 9.17) is 14.2 Å². The molecule has 2 heterocycles. The lowest BCUT2D eigenvalue weighted by atomic mass is 10.1. The number of benzene rings is 1. The van der Waals surface area contributed by atoms with E-state index in [-0.39, 0.29) is 42.4 Å². The Hall–Kier alpha value is -3.37. The summed E-state index contributed by atoms with van der Waals surface area (Å²) in [7, 11) is 0. The predicted molar refractivity (Wildman–Crippen MR) is 76.3 cm³/mol. The zero-order valence-electron chi connectivity index (χ0n) is 12.9. The zero-order chi connectivity index (χ0) is 18.1. The van der Waals surface area contributed by atoms with Crippen molar-refractivity contribution in [3.63, 3.8) is 0 Å². The van der Waals surface area contributed by atoms with Crippen LogP contribution in [0.2, 0.25) is 0 Å². The fourth-order valence-electron chi connectivity index (χ4n) is 2.39. The van der Waals surface area contributed by atoms with Crippen LogP contribution in [0.25, 0.3) is 0 Å². The smallest absolute Gasteiger partial charge is 0.454 e. The van der Waals surface area contributed by atoms with Crippen molar-refractivity contribution in [2.24, 2.45) is 0 Å². The van der Waals surface area contributed by atoms with Crippen molar-refractivity contribution in [3.8, 4) is 11.5 Å². The summed E-state index contributed by atoms with van der Waals surface area (Å²) in [6.07, 6.45) is -2.55. The van der Waals surface area contributed by atoms with Crippen molar-refractivity contribution in [2.75, 3.05) is 6.79 Å². The Morgan fingerprint density at radius 2 is 1.84 bits per heavy atom. The third-order valence-corrected chi connectivity index (χ3v) is 3.60. The Balaban J connectivity index is 1.75. The molecule has 0 aliphatic carbocycles. The first kappa shape index (κ1) is 16.5. The van der Waals surface area contributed by atoms with Crippen LogP contribution in [0.4, 0.5) is 10.5 Å². The summed E-state index contributed by atoms with van der Waals surface area (Å²) in [5.74, 6) is -0.847. The maximum Gasteiger partial charge on any atom is 0.534 e. The molecule has 2 aliphatic heterocycles. The highest BCUT2D eigenvalue weighted by atomic mass is 16.8. The van der Waals surface area contributed by atoms with Crippen molar-refractivity contribution in [1.29, 1.82) is 0 Å². The molecule has 2 amide bonds. The SMILES string of the molecule is CC(OC(=O)ON1C(=O)CCC1=O)c1cc2c(cc1[N+](=O)[O-])OCO2. The molecule has 1 unspecified atom stereocenters. The van der Waals surface area contributed by atoms with Crippen molar-refractivity contribution in [3.05, 3.63) is 27.8 Å². The summed E-state index contributed by atoms with van der Waals surface area (Å²) in [6.45, 7) is 1.30. The van der Waals surface area contributed by atoms with Gasteiger partial charge in [0, 0.05) is 12.8 Å². The number of nitro benzene ring substituents is 1. The van der Waals surface area contributed by atoms with E-state index in [1.165, 1.54) is 13.0 Å². The fourth-order valence-corrected chi connectivity index (χ4v) is 2.39. The zero-order valence-corrected chi connectivity index (χ0v) is 12.9. The summed E-state index contributed by atoms with van der Waals surface area (Å²) in [5.41, 5.74) is -0.289. The molecule has 0 bridgehead atoms. The minimum atomic E-state index is -1.33. The molecule has 0 N–H and O–H groups in total. The summed E-state index contributed by atoms with van der Waals surface area (Å²) < 4.78 is 15.2. The van der Waals surface area contributed by atoms with E-state index in [2.05, 4.69) is 4.84 Å². The molecule has 3 rings (SSSR count). The van der Waals surface area contributed by atoms with Gasteiger partial charge in [-0.3, -0.25) is 24.5 Å². The van der Waals surface area contributed by atoms with Gasteiger partial charge in [-0.2, -0.15) is 0 Å². The third kappa shape index (κ3) is 3.16. The van der Waals surface area contributed by atoms with Gasteiger partial charge in [0.2, 0.25) is 6.79 Å². The lowest BCUT2D eigenvalue weighted by Gasteiger charge is -2.16. The standard InChI is InChI=1S/C14H12N2O9/c1-7(24-14(19)25-15-12(17)2-3-13(15)18)8-4-10-11(23-6-22-10)5-9(8)16(20)21/h4-5,7H,2-3,6H2,1H3. The molecule has 132 valence electrons. The van der Waals surface area contributed by atoms with Gasteiger partial charge in [0.1, 0.15) is 6.10 Å². The lowest BCUT2D eigenvalue weighted by Crippen LogP contribution is -2.32. The number of carbonyl (C=O) groups is 3. The first-order valence-electron chi connectivity index (χ1n) is 7.19. The number of nitrogens with zero attached hydrogens (tertiary/aromatic N) is 2. The Labute approximate surface area is 140 Å². The quantitative estimate of drug-likeness (QED) is 0.342. The number of hydroxylamine groups is 2. The van der Waals surface area contributed by atoms with E-state index in [1.807, 2.05) is 0 Å². The maximum absolute atomic E-state index is 11.8. The number of imide groups is 1. The van der Waals surface area contributed by atoms with E-state index >= 15 is 0 Å². The largest absolute Gasteiger partial charge is 0.534 e. The molecule has 11 nitrogen and oxygen atoms in total. The molecule has 0 spiro atoms. The van der Waals surface area contributed by atoms with Gasteiger partial charge >= 0.3 is 6.16 Å². The van der Waals surface area contributed by atoms with Crippen LogP contribution >= 0.6 is 0 Å². The summed E-state index contributed by atoms with van der Waals surface area (Å²) >= 11 is 0. The van der Waals surface area contributed by atoms with E-state index in [1.54, 1.807) is 0 Å². The van der Waals surface area contributed by atoms with Crippen LogP contribution in [0.15, 0.2) is 12.1 Å². The summed E-state index contributed by atoms with van der Waals surface area (Å²) in [5, 5.41) is 11.5. The molecule has 1 aromatic carbocycles. The lowest BCUT2D eigenvalue weighted by molar-refractivity contribution is -0.386. The number of ether oxygens (including phenoxy) is 3. The molecule has 1 fully saturated rings. The number of hydrogen-bond acceptors (Lipinski definition) is 9. The van der Waals surface area contributed by atoms with Gasteiger partial charge in [-0.25, -0.2) is 4.79 Å². The van der Waals surface area contributed by atoms with Crippen LogP contribution in [-0.4, -0.2) is 34.7 Å². The van der Waals surface area contributed by atoms with Crippen LogP contribution in [0.1, 0.15) is 31.4 Å². The highest BCUT2D eigenvalue weighted by Crippen LogP contribution is 2.40. The summed E-state index contributed by atoms with van der Waals surface area (Å²) in [4.78, 5) is 49.7. The predicted octanol–water partition coefficient (Wildman–Crippen LogP) is 1.60. The Morgan fingerprint density at radius 1 is 1.24 bits per heavy atom. The number of rotatable bonds is 4. The second-order valence-corrected chi connectivity index (χ2v) is 5.20. The third-order valence-electron chi connectivity index (χ3n) is 3.60. The van der Waals surface area contributed by atoms with Crippen LogP contribution in [-0.2, 0) is 19.2 Å². The monoisotopic (exact) mass is 352 g/mol. The van der Waals surface area contributed by atoms with Crippen molar-refractivity contribution < 1.29 is 38.4 Å². The minimum Gasteiger partial charge on any atom is -0.454 e. The fraction of sp³-hybridized carbons (Fsp3) is 0.357. The topological polar surface area (TPSA) is 135 Å². The molecule has 2 aliphatic rings.